The highest BCUT2D eigenvalue weighted by Gasteiger charge is 2.31. The van der Waals surface area contributed by atoms with E-state index in [9.17, 15) is 4.79 Å². The molecule has 0 saturated carbocycles. The summed E-state index contributed by atoms with van der Waals surface area (Å²) >= 11 is 18.4. The van der Waals surface area contributed by atoms with Crippen molar-refractivity contribution in [2.45, 2.75) is 6.42 Å². The molecule has 2 rings (SSSR count). The van der Waals surface area contributed by atoms with Crippen LogP contribution in [0.4, 0.5) is 0 Å². The molecule has 2 heterocycles. The molecule has 6 nitrogen and oxygen atoms in total. The van der Waals surface area contributed by atoms with E-state index in [0.717, 1.165) is 11.4 Å². The number of amides is 1. The summed E-state index contributed by atoms with van der Waals surface area (Å²) in [5, 5.41) is 4.24. The highest BCUT2D eigenvalue weighted by atomic mass is 32.1. The predicted molar refractivity (Wildman–Crippen MR) is 93.7 cm³/mol. The van der Waals surface area contributed by atoms with Gasteiger partial charge in [-0.25, -0.2) is 4.98 Å². The minimum Gasteiger partial charge on any atom is -0.272 e. The van der Waals surface area contributed by atoms with Gasteiger partial charge in [0.25, 0.3) is 5.91 Å². The lowest BCUT2D eigenvalue weighted by atomic mass is 10.4. The molecule has 21 heavy (non-hydrogen) atoms. The predicted octanol–water partition coefficient (Wildman–Crippen LogP) is 1.70. The van der Waals surface area contributed by atoms with E-state index in [1.54, 1.807) is 11.2 Å². The standard InChI is InChI=1S/C11H11N5OS4/c17-9(8-7-12-3-4-13-8)15(10(18)19)16(11(20)21)14-5-1-2-6-14/h1,3-5,7H,2,6H2,(H,18,19)(H,20,21). The van der Waals surface area contributed by atoms with Gasteiger partial charge in [-0.1, -0.05) is 18.3 Å². The SMILES string of the molecule is O=C(c1cnccn1)N(C(=S)S)N(C(=S)S)N1C=CCC1. The third-order valence-corrected chi connectivity index (χ3v) is 3.27. The number of rotatable bonds is 2. The normalized spacial score (nSPS) is 13.1. The maximum Gasteiger partial charge on any atom is 0.300 e. The first-order chi connectivity index (χ1) is 10.0. The quantitative estimate of drug-likeness (QED) is 0.475. The van der Waals surface area contributed by atoms with Crippen LogP contribution in [0.25, 0.3) is 0 Å². The largest absolute Gasteiger partial charge is 0.300 e. The van der Waals surface area contributed by atoms with Gasteiger partial charge in [-0.15, -0.1) is 25.3 Å². The van der Waals surface area contributed by atoms with Crippen molar-refractivity contribution in [3.63, 3.8) is 0 Å². The van der Waals surface area contributed by atoms with E-state index >= 15 is 0 Å². The number of nitrogens with zero attached hydrogens (tertiary/aromatic N) is 5. The number of aromatic nitrogens is 2. The van der Waals surface area contributed by atoms with Crippen molar-refractivity contribution in [2.24, 2.45) is 0 Å². The minimum atomic E-state index is -0.486. The highest BCUT2D eigenvalue weighted by molar-refractivity contribution is 8.11. The van der Waals surface area contributed by atoms with Gasteiger partial charge in [0.1, 0.15) is 5.69 Å². The third kappa shape index (κ3) is 3.70. The van der Waals surface area contributed by atoms with Crippen LogP contribution in [0.15, 0.2) is 30.9 Å². The topological polar surface area (TPSA) is 52.6 Å². The molecule has 110 valence electrons. The number of carbonyl (C=O) groups is 1. The molecule has 1 amide bonds. The Bertz CT molecular complexity index is 594. The van der Waals surface area contributed by atoms with Crippen LogP contribution in [-0.2, 0) is 0 Å². The fourth-order valence-corrected chi connectivity index (χ4v) is 2.44. The Hall–Kier alpha value is -1.23. The Morgan fingerprint density at radius 1 is 1.29 bits per heavy atom. The Morgan fingerprint density at radius 3 is 2.52 bits per heavy atom. The molecule has 0 atom stereocenters. The third-order valence-electron chi connectivity index (χ3n) is 2.56. The fourth-order valence-electron chi connectivity index (χ4n) is 1.72. The van der Waals surface area contributed by atoms with Crippen LogP contribution in [0.5, 0.6) is 0 Å². The van der Waals surface area contributed by atoms with Gasteiger partial charge in [0.15, 0.2) is 8.64 Å². The summed E-state index contributed by atoms with van der Waals surface area (Å²) in [4.78, 5) is 20.4. The zero-order valence-corrected chi connectivity index (χ0v) is 14.1. The van der Waals surface area contributed by atoms with Gasteiger partial charge in [0.05, 0.1) is 6.20 Å². The van der Waals surface area contributed by atoms with Crippen molar-refractivity contribution in [3.8, 4) is 0 Å². The van der Waals surface area contributed by atoms with Gasteiger partial charge in [-0.3, -0.25) is 14.8 Å². The maximum absolute atomic E-state index is 12.6. The van der Waals surface area contributed by atoms with Crippen molar-refractivity contribution in [1.29, 1.82) is 0 Å². The lowest BCUT2D eigenvalue weighted by Crippen LogP contribution is -2.55. The molecule has 10 heteroatoms. The summed E-state index contributed by atoms with van der Waals surface area (Å²) in [6, 6.07) is 0. The summed E-state index contributed by atoms with van der Waals surface area (Å²) in [6.07, 6.45) is 8.83. The van der Waals surface area contributed by atoms with E-state index in [4.69, 9.17) is 24.4 Å². The van der Waals surface area contributed by atoms with Gasteiger partial charge in [-0.2, -0.15) is 10.1 Å². The first kappa shape index (κ1) is 16.1. The molecule has 1 aliphatic heterocycles. The number of hydrazine groups is 2. The molecule has 0 fully saturated rings. The highest BCUT2D eigenvalue weighted by Crippen LogP contribution is 2.18. The van der Waals surface area contributed by atoms with Crippen molar-refractivity contribution in [3.05, 3.63) is 36.6 Å². The zero-order chi connectivity index (χ0) is 15.4. The van der Waals surface area contributed by atoms with Gasteiger partial charge >= 0.3 is 0 Å². The molecular weight excluding hydrogens is 346 g/mol. The van der Waals surface area contributed by atoms with Crippen LogP contribution < -0.4 is 0 Å². The Morgan fingerprint density at radius 2 is 2.05 bits per heavy atom. The lowest BCUT2D eigenvalue weighted by Gasteiger charge is -2.39. The smallest absolute Gasteiger partial charge is 0.272 e. The Kier molecular flexibility index (Phi) is 5.51. The monoisotopic (exact) mass is 357 g/mol. The number of carbonyl (C=O) groups excluding carboxylic acids is 1. The van der Waals surface area contributed by atoms with Crippen LogP contribution in [0, 0.1) is 0 Å². The van der Waals surface area contributed by atoms with Crippen molar-refractivity contribution < 1.29 is 4.79 Å². The first-order valence-electron chi connectivity index (χ1n) is 5.82. The van der Waals surface area contributed by atoms with Crippen LogP contribution >= 0.6 is 49.7 Å². The Balaban J connectivity index is 2.36. The molecule has 0 spiro atoms. The number of thiocarbonyl (C=S) groups is 2. The Labute approximate surface area is 143 Å². The molecule has 0 saturated heterocycles. The van der Waals surface area contributed by atoms with Crippen molar-refractivity contribution in [1.82, 2.24) is 25.1 Å². The van der Waals surface area contributed by atoms with Crippen LogP contribution in [-0.4, -0.2) is 46.2 Å². The van der Waals surface area contributed by atoms with E-state index in [1.807, 2.05) is 6.08 Å². The number of hydrogen-bond acceptors (Lipinski definition) is 6. The zero-order valence-electron chi connectivity index (χ0n) is 10.7. The second-order valence-corrected chi connectivity index (χ2v) is 6.12. The van der Waals surface area contributed by atoms with Crippen LogP contribution in [0.2, 0.25) is 0 Å². The number of thiol groups is 2. The average Bonchev–Trinajstić information content (AvgIpc) is 2.97. The van der Waals surface area contributed by atoms with Gasteiger partial charge < -0.3 is 0 Å². The first-order valence-corrected chi connectivity index (χ1v) is 7.53. The van der Waals surface area contributed by atoms with Crippen LogP contribution in [0.1, 0.15) is 16.9 Å². The molecule has 0 radical (unpaired) electrons. The molecule has 0 bridgehead atoms. The summed E-state index contributed by atoms with van der Waals surface area (Å²) in [6.45, 7) is 0.654. The van der Waals surface area contributed by atoms with E-state index < -0.39 is 5.91 Å². The maximum atomic E-state index is 12.6. The van der Waals surface area contributed by atoms with Gasteiger partial charge in [0, 0.05) is 25.1 Å². The molecule has 1 aromatic heterocycles. The molecule has 0 aliphatic carbocycles. The van der Waals surface area contributed by atoms with E-state index in [0.29, 0.717) is 6.54 Å². The summed E-state index contributed by atoms with van der Waals surface area (Å²) in [7, 11) is 0. The second-order valence-electron chi connectivity index (χ2n) is 3.90. The number of hydrogen-bond donors (Lipinski definition) is 2. The van der Waals surface area contributed by atoms with Crippen LogP contribution in [0.3, 0.4) is 0 Å². The molecule has 0 N–H and O–H groups in total. The second kappa shape index (κ2) is 7.16. The van der Waals surface area contributed by atoms with E-state index in [1.165, 1.54) is 23.7 Å². The average molecular weight is 358 g/mol. The minimum absolute atomic E-state index is 0.0300. The molecule has 1 aromatic rings. The van der Waals surface area contributed by atoms with Gasteiger partial charge in [-0.05, 0) is 18.6 Å². The molecular formula is C11H11N5OS4. The molecule has 1 aliphatic rings. The molecule has 0 aromatic carbocycles. The fraction of sp³-hybridized carbons (Fsp3) is 0.182. The summed E-state index contributed by atoms with van der Waals surface area (Å²) in [5.41, 5.74) is 0.131. The van der Waals surface area contributed by atoms with Gasteiger partial charge in [0.2, 0.25) is 0 Å². The van der Waals surface area contributed by atoms with Crippen molar-refractivity contribution in [2.75, 3.05) is 6.54 Å². The van der Waals surface area contributed by atoms with E-state index in [2.05, 4.69) is 35.2 Å². The summed E-state index contributed by atoms with van der Waals surface area (Å²) in [5.74, 6) is -0.486. The summed E-state index contributed by atoms with van der Waals surface area (Å²) < 4.78 is 0.192. The molecule has 0 unspecified atom stereocenters. The van der Waals surface area contributed by atoms with Crippen molar-refractivity contribution >= 4 is 64.2 Å². The lowest BCUT2D eigenvalue weighted by molar-refractivity contribution is -0.0194. The van der Waals surface area contributed by atoms with E-state index in [-0.39, 0.29) is 14.3 Å².